The van der Waals surface area contributed by atoms with E-state index in [2.05, 4.69) is 12.2 Å². The van der Waals surface area contributed by atoms with Gasteiger partial charge in [-0.25, -0.2) is 0 Å². The zero-order valence-corrected chi connectivity index (χ0v) is 12.3. The average Bonchev–Trinajstić information content (AvgIpc) is 2.44. The Bertz CT molecular complexity index is 432. The van der Waals surface area contributed by atoms with E-state index in [4.69, 9.17) is 9.47 Å². The van der Waals surface area contributed by atoms with Gasteiger partial charge in [0, 0.05) is 18.2 Å². The molecule has 0 aromatic heterocycles. The number of amides is 1. The van der Waals surface area contributed by atoms with Crippen LogP contribution in [0.3, 0.4) is 0 Å². The van der Waals surface area contributed by atoms with Crippen molar-refractivity contribution in [1.29, 1.82) is 0 Å². The molecule has 0 saturated heterocycles. The van der Waals surface area contributed by atoms with Crippen molar-refractivity contribution in [2.24, 2.45) is 0 Å². The Labute approximate surface area is 119 Å². The molecule has 2 N–H and O–H groups in total. The first-order valence-corrected chi connectivity index (χ1v) is 6.84. The Morgan fingerprint density at radius 3 is 2.80 bits per heavy atom. The van der Waals surface area contributed by atoms with E-state index in [0.717, 1.165) is 12.8 Å². The number of nitrogens with one attached hydrogen (secondary N) is 1. The standard InChI is InChI=1S/C15H23NO4/c1-4-5-8-16-15(18)10-20-14-9-12(19-3)6-7-13(14)11(2)17/h6-7,9,11,17H,4-5,8,10H2,1-3H3,(H,16,18)/t11-/m0/s1. The molecule has 0 spiro atoms. The number of unbranched alkanes of at least 4 members (excludes halogenated alkanes) is 1. The predicted molar refractivity (Wildman–Crippen MR) is 77.0 cm³/mol. The number of aliphatic hydroxyl groups is 1. The van der Waals surface area contributed by atoms with Gasteiger partial charge >= 0.3 is 0 Å². The van der Waals surface area contributed by atoms with Crippen LogP contribution in [0.1, 0.15) is 38.4 Å². The van der Waals surface area contributed by atoms with Crippen LogP contribution in [-0.4, -0.2) is 31.3 Å². The number of aliphatic hydroxyl groups excluding tert-OH is 1. The van der Waals surface area contributed by atoms with E-state index in [-0.39, 0.29) is 12.5 Å². The molecule has 1 amide bonds. The van der Waals surface area contributed by atoms with Crippen LogP contribution >= 0.6 is 0 Å². The van der Waals surface area contributed by atoms with E-state index in [0.29, 0.717) is 23.6 Å². The van der Waals surface area contributed by atoms with Crippen LogP contribution in [0.2, 0.25) is 0 Å². The fourth-order valence-electron chi connectivity index (χ4n) is 1.71. The fourth-order valence-corrected chi connectivity index (χ4v) is 1.71. The molecule has 20 heavy (non-hydrogen) atoms. The highest BCUT2D eigenvalue weighted by atomic mass is 16.5. The molecule has 1 atom stereocenters. The molecule has 5 nitrogen and oxygen atoms in total. The molecule has 0 saturated carbocycles. The molecule has 5 heteroatoms. The van der Waals surface area contributed by atoms with E-state index in [9.17, 15) is 9.90 Å². The summed E-state index contributed by atoms with van der Waals surface area (Å²) in [5, 5.41) is 12.5. The first-order chi connectivity index (χ1) is 9.58. The second-order valence-electron chi connectivity index (χ2n) is 4.57. The van der Waals surface area contributed by atoms with Crippen molar-refractivity contribution in [3.05, 3.63) is 23.8 Å². The topological polar surface area (TPSA) is 67.8 Å². The lowest BCUT2D eigenvalue weighted by Gasteiger charge is -2.14. The summed E-state index contributed by atoms with van der Waals surface area (Å²) < 4.78 is 10.6. The molecule has 1 rings (SSSR count). The van der Waals surface area contributed by atoms with E-state index in [1.54, 1.807) is 32.2 Å². The Morgan fingerprint density at radius 2 is 2.20 bits per heavy atom. The highest BCUT2D eigenvalue weighted by Gasteiger charge is 2.12. The van der Waals surface area contributed by atoms with Crippen LogP contribution in [-0.2, 0) is 4.79 Å². The Hall–Kier alpha value is -1.75. The highest BCUT2D eigenvalue weighted by molar-refractivity contribution is 5.77. The first-order valence-electron chi connectivity index (χ1n) is 6.84. The molecule has 0 aliphatic carbocycles. The van der Waals surface area contributed by atoms with Gasteiger partial charge in [-0.3, -0.25) is 4.79 Å². The minimum absolute atomic E-state index is 0.0728. The number of benzene rings is 1. The third-order valence-corrected chi connectivity index (χ3v) is 2.88. The Morgan fingerprint density at radius 1 is 1.45 bits per heavy atom. The summed E-state index contributed by atoms with van der Waals surface area (Å²) in [6.45, 7) is 4.29. The molecule has 0 radical (unpaired) electrons. The number of carbonyl (C=O) groups excluding carboxylic acids is 1. The maximum absolute atomic E-state index is 11.6. The normalized spacial score (nSPS) is 11.8. The van der Waals surface area contributed by atoms with Crippen LogP contribution in [0.15, 0.2) is 18.2 Å². The number of carbonyl (C=O) groups is 1. The predicted octanol–water partition coefficient (Wildman–Crippen LogP) is 2.04. The molecule has 112 valence electrons. The number of ether oxygens (including phenoxy) is 2. The van der Waals surface area contributed by atoms with Crippen molar-refractivity contribution in [3.63, 3.8) is 0 Å². The molecule has 0 unspecified atom stereocenters. The van der Waals surface area contributed by atoms with Crippen LogP contribution in [0, 0.1) is 0 Å². The van der Waals surface area contributed by atoms with Gasteiger partial charge in [0.2, 0.25) is 0 Å². The zero-order chi connectivity index (χ0) is 15.0. The molecule has 1 aromatic carbocycles. The SMILES string of the molecule is CCCCNC(=O)COc1cc(OC)ccc1[C@H](C)O. The number of rotatable bonds is 8. The molecule has 0 fully saturated rings. The molecular weight excluding hydrogens is 258 g/mol. The van der Waals surface area contributed by atoms with Crippen LogP contribution < -0.4 is 14.8 Å². The van der Waals surface area contributed by atoms with Gasteiger partial charge in [-0.2, -0.15) is 0 Å². The van der Waals surface area contributed by atoms with E-state index < -0.39 is 6.10 Å². The third kappa shape index (κ3) is 5.09. The largest absolute Gasteiger partial charge is 0.497 e. The van der Waals surface area contributed by atoms with Gasteiger partial charge < -0.3 is 19.9 Å². The van der Waals surface area contributed by atoms with Gasteiger partial charge in [0.15, 0.2) is 6.61 Å². The Balaban J connectivity index is 2.63. The first kappa shape index (κ1) is 16.3. The summed E-state index contributed by atoms with van der Waals surface area (Å²) in [4.78, 5) is 11.6. The van der Waals surface area contributed by atoms with Gasteiger partial charge in [0.1, 0.15) is 11.5 Å². The molecule has 1 aromatic rings. The fraction of sp³-hybridized carbons (Fsp3) is 0.533. The monoisotopic (exact) mass is 281 g/mol. The minimum atomic E-state index is -0.668. The summed E-state index contributed by atoms with van der Waals surface area (Å²) in [6.07, 6.45) is 1.31. The van der Waals surface area contributed by atoms with E-state index in [1.807, 2.05) is 0 Å². The smallest absolute Gasteiger partial charge is 0.257 e. The van der Waals surface area contributed by atoms with Crippen molar-refractivity contribution < 1.29 is 19.4 Å². The lowest BCUT2D eigenvalue weighted by Crippen LogP contribution is -2.29. The van der Waals surface area contributed by atoms with E-state index >= 15 is 0 Å². The lowest BCUT2D eigenvalue weighted by molar-refractivity contribution is -0.123. The molecule has 0 heterocycles. The van der Waals surface area contributed by atoms with Crippen LogP contribution in [0.4, 0.5) is 0 Å². The number of methoxy groups -OCH3 is 1. The third-order valence-electron chi connectivity index (χ3n) is 2.88. The van der Waals surface area contributed by atoms with Gasteiger partial charge in [0.25, 0.3) is 5.91 Å². The van der Waals surface area contributed by atoms with Crippen LogP contribution in [0.5, 0.6) is 11.5 Å². The maximum atomic E-state index is 11.6. The van der Waals surface area contributed by atoms with Crippen molar-refractivity contribution in [3.8, 4) is 11.5 Å². The van der Waals surface area contributed by atoms with Crippen molar-refractivity contribution in [1.82, 2.24) is 5.32 Å². The van der Waals surface area contributed by atoms with Crippen molar-refractivity contribution in [2.45, 2.75) is 32.8 Å². The number of hydrogen-bond acceptors (Lipinski definition) is 4. The summed E-state index contributed by atoms with van der Waals surface area (Å²) >= 11 is 0. The summed E-state index contributed by atoms with van der Waals surface area (Å²) in [7, 11) is 1.55. The van der Waals surface area contributed by atoms with Gasteiger partial charge in [-0.05, 0) is 25.5 Å². The quantitative estimate of drug-likeness (QED) is 0.716. The van der Waals surface area contributed by atoms with Gasteiger partial charge in [-0.1, -0.05) is 13.3 Å². The number of hydrogen-bond donors (Lipinski definition) is 2. The second kappa shape index (κ2) is 8.43. The van der Waals surface area contributed by atoms with Crippen molar-refractivity contribution in [2.75, 3.05) is 20.3 Å². The molecule has 0 bridgehead atoms. The molecule has 0 aliphatic rings. The second-order valence-corrected chi connectivity index (χ2v) is 4.57. The van der Waals surface area contributed by atoms with E-state index in [1.165, 1.54) is 0 Å². The lowest BCUT2D eigenvalue weighted by atomic mass is 10.1. The summed E-state index contributed by atoms with van der Waals surface area (Å²) in [5.41, 5.74) is 0.632. The summed E-state index contributed by atoms with van der Waals surface area (Å²) in [5.74, 6) is 0.915. The summed E-state index contributed by atoms with van der Waals surface area (Å²) in [6, 6.07) is 5.14. The molecular formula is C15H23NO4. The van der Waals surface area contributed by atoms with Crippen molar-refractivity contribution >= 4 is 5.91 Å². The van der Waals surface area contributed by atoms with Crippen LogP contribution in [0.25, 0.3) is 0 Å². The van der Waals surface area contributed by atoms with Gasteiger partial charge in [0.05, 0.1) is 13.2 Å². The minimum Gasteiger partial charge on any atom is -0.497 e. The zero-order valence-electron chi connectivity index (χ0n) is 12.3. The highest BCUT2D eigenvalue weighted by Crippen LogP contribution is 2.29. The average molecular weight is 281 g/mol. The van der Waals surface area contributed by atoms with Gasteiger partial charge in [-0.15, -0.1) is 0 Å². The Kier molecular flexibility index (Phi) is 6.87. The molecule has 0 aliphatic heterocycles. The maximum Gasteiger partial charge on any atom is 0.257 e.